The molecule has 25 heavy (non-hydrogen) atoms. The van der Waals surface area contributed by atoms with E-state index in [-0.39, 0.29) is 12.3 Å². The van der Waals surface area contributed by atoms with E-state index < -0.39 is 0 Å². The highest BCUT2D eigenvalue weighted by atomic mass is 16.5. The van der Waals surface area contributed by atoms with E-state index in [2.05, 4.69) is 4.98 Å². The van der Waals surface area contributed by atoms with E-state index in [1.807, 2.05) is 41.0 Å². The fourth-order valence-corrected chi connectivity index (χ4v) is 2.84. The Hall–Kier alpha value is -3.34. The van der Waals surface area contributed by atoms with Gasteiger partial charge in [0, 0.05) is 5.56 Å². The monoisotopic (exact) mass is 332 g/mol. The first kappa shape index (κ1) is 15.2. The number of hydrogen-bond acceptors (Lipinski definition) is 4. The van der Waals surface area contributed by atoms with E-state index >= 15 is 0 Å². The Morgan fingerprint density at radius 1 is 1.08 bits per heavy atom. The van der Waals surface area contributed by atoms with Crippen LogP contribution in [0.3, 0.4) is 0 Å². The van der Waals surface area contributed by atoms with Gasteiger partial charge in [-0.05, 0) is 48.5 Å². The molecule has 2 aromatic heterocycles. The normalized spacial score (nSPS) is 10.9. The summed E-state index contributed by atoms with van der Waals surface area (Å²) in [5.74, 6) is 2.01. The Morgan fingerprint density at radius 3 is 2.60 bits per heavy atom. The van der Waals surface area contributed by atoms with Crippen LogP contribution in [-0.4, -0.2) is 22.4 Å². The molecule has 2 aromatic carbocycles. The molecule has 124 valence electrons. The van der Waals surface area contributed by atoms with Gasteiger partial charge < -0.3 is 13.7 Å². The molecular formula is C20H16N2O3. The second-order valence-electron chi connectivity index (χ2n) is 5.64. The molecule has 0 aliphatic heterocycles. The Labute approximate surface area is 144 Å². The Balaban J connectivity index is 1.74. The van der Waals surface area contributed by atoms with Crippen molar-refractivity contribution in [1.82, 2.24) is 9.55 Å². The van der Waals surface area contributed by atoms with Gasteiger partial charge in [0.1, 0.15) is 5.75 Å². The van der Waals surface area contributed by atoms with Crippen LogP contribution in [0.2, 0.25) is 0 Å². The number of rotatable bonds is 5. The van der Waals surface area contributed by atoms with Crippen LogP contribution in [0, 0.1) is 0 Å². The Bertz CT molecular complexity index is 1010. The van der Waals surface area contributed by atoms with Crippen LogP contribution in [-0.2, 0) is 6.54 Å². The molecule has 0 aliphatic carbocycles. The van der Waals surface area contributed by atoms with Gasteiger partial charge in [0.2, 0.25) is 0 Å². The van der Waals surface area contributed by atoms with Gasteiger partial charge in [0.25, 0.3) is 0 Å². The number of fused-ring (bicyclic) bond motifs is 1. The summed E-state index contributed by atoms with van der Waals surface area (Å²) in [5, 5.41) is 0. The maximum absolute atomic E-state index is 12.8. The highest BCUT2D eigenvalue weighted by Crippen LogP contribution is 2.25. The fourth-order valence-electron chi connectivity index (χ4n) is 2.84. The smallest absolute Gasteiger partial charge is 0.182 e. The topological polar surface area (TPSA) is 57.3 Å². The van der Waals surface area contributed by atoms with Crippen LogP contribution in [0.5, 0.6) is 5.75 Å². The lowest BCUT2D eigenvalue weighted by atomic mass is 10.1. The first-order valence-corrected chi connectivity index (χ1v) is 7.92. The van der Waals surface area contributed by atoms with Crippen LogP contribution in [0.1, 0.15) is 10.4 Å². The minimum atomic E-state index is -0.00128. The molecule has 4 aromatic rings. The molecule has 4 rings (SSSR count). The third kappa shape index (κ3) is 2.80. The number of ketones is 1. The molecule has 0 atom stereocenters. The first-order valence-electron chi connectivity index (χ1n) is 7.92. The summed E-state index contributed by atoms with van der Waals surface area (Å²) >= 11 is 0. The number of carbonyl (C=O) groups is 1. The van der Waals surface area contributed by atoms with E-state index in [9.17, 15) is 4.79 Å². The van der Waals surface area contributed by atoms with Gasteiger partial charge in [-0.3, -0.25) is 4.79 Å². The van der Waals surface area contributed by atoms with E-state index in [4.69, 9.17) is 9.15 Å². The minimum Gasteiger partial charge on any atom is -0.497 e. The van der Waals surface area contributed by atoms with Gasteiger partial charge in [-0.25, -0.2) is 4.98 Å². The van der Waals surface area contributed by atoms with E-state index in [1.54, 1.807) is 37.6 Å². The number of carbonyl (C=O) groups excluding carboxylic acids is 1. The van der Waals surface area contributed by atoms with Crippen molar-refractivity contribution in [2.75, 3.05) is 7.11 Å². The molecule has 0 saturated carbocycles. The van der Waals surface area contributed by atoms with E-state index in [1.165, 1.54) is 0 Å². The molecule has 0 amide bonds. The number of hydrogen-bond donors (Lipinski definition) is 0. The number of ether oxygens (including phenoxy) is 1. The maximum atomic E-state index is 12.8. The largest absolute Gasteiger partial charge is 0.497 e. The highest BCUT2D eigenvalue weighted by molar-refractivity contribution is 5.97. The van der Waals surface area contributed by atoms with Crippen molar-refractivity contribution < 1.29 is 13.9 Å². The lowest BCUT2D eigenvalue weighted by Gasteiger charge is -2.08. The lowest BCUT2D eigenvalue weighted by Crippen LogP contribution is -2.11. The van der Waals surface area contributed by atoms with Crippen molar-refractivity contribution in [2.24, 2.45) is 0 Å². The average Bonchev–Trinajstić information content (AvgIpc) is 3.30. The summed E-state index contributed by atoms with van der Waals surface area (Å²) in [7, 11) is 1.60. The first-order chi connectivity index (χ1) is 12.3. The van der Waals surface area contributed by atoms with E-state index in [0.717, 1.165) is 16.8 Å². The molecule has 0 N–H and O–H groups in total. The number of para-hydroxylation sites is 2. The van der Waals surface area contributed by atoms with Crippen LogP contribution in [0.15, 0.2) is 71.3 Å². The minimum absolute atomic E-state index is 0.00128. The van der Waals surface area contributed by atoms with Gasteiger partial charge >= 0.3 is 0 Å². The van der Waals surface area contributed by atoms with Crippen LogP contribution >= 0.6 is 0 Å². The third-order valence-corrected chi connectivity index (χ3v) is 4.11. The zero-order valence-corrected chi connectivity index (χ0v) is 13.7. The maximum Gasteiger partial charge on any atom is 0.182 e. The number of methoxy groups -OCH3 is 1. The van der Waals surface area contributed by atoms with Crippen molar-refractivity contribution in [3.05, 3.63) is 72.5 Å². The molecular weight excluding hydrogens is 316 g/mol. The molecule has 0 fully saturated rings. The SMILES string of the molecule is COc1ccc(C(=O)Cn2c(-c3ccco3)nc3ccccc32)cc1. The Morgan fingerprint density at radius 2 is 1.88 bits per heavy atom. The predicted molar refractivity (Wildman–Crippen MR) is 94.8 cm³/mol. The van der Waals surface area contributed by atoms with Crippen molar-refractivity contribution in [3.8, 4) is 17.3 Å². The predicted octanol–water partition coefficient (Wildman–Crippen LogP) is 4.19. The molecule has 0 unspecified atom stereocenters. The number of furan rings is 1. The summed E-state index contributed by atoms with van der Waals surface area (Å²) in [6.07, 6.45) is 1.60. The van der Waals surface area contributed by atoms with Gasteiger partial charge in [-0.1, -0.05) is 12.1 Å². The molecule has 0 bridgehead atoms. The number of imidazole rings is 1. The molecule has 0 spiro atoms. The lowest BCUT2D eigenvalue weighted by molar-refractivity contribution is 0.0974. The zero-order chi connectivity index (χ0) is 17.2. The Kier molecular flexibility index (Phi) is 3.82. The van der Waals surface area contributed by atoms with E-state index in [0.29, 0.717) is 17.1 Å². The summed E-state index contributed by atoms with van der Waals surface area (Å²) in [6.45, 7) is 0.183. The van der Waals surface area contributed by atoms with Crippen LogP contribution < -0.4 is 4.74 Å². The van der Waals surface area contributed by atoms with Gasteiger partial charge in [-0.15, -0.1) is 0 Å². The van der Waals surface area contributed by atoms with Crippen molar-refractivity contribution in [1.29, 1.82) is 0 Å². The fraction of sp³-hybridized carbons (Fsp3) is 0.100. The average molecular weight is 332 g/mol. The van der Waals surface area contributed by atoms with Crippen LogP contribution in [0.4, 0.5) is 0 Å². The molecule has 5 heteroatoms. The molecule has 0 saturated heterocycles. The summed E-state index contributed by atoms with van der Waals surface area (Å²) in [6, 6.07) is 18.5. The zero-order valence-electron chi connectivity index (χ0n) is 13.7. The number of nitrogens with zero attached hydrogens (tertiary/aromatic N) is 2. The summed E-state index contributed by atoms with van der Waals surface area (Å²) < 4.78 is 12.5. The molecule has 5 nitrogen and oxygen atoms in total. The quantitative estimate of drug-likeness (QED) is 0.514. The van der Waals surface area contributed by atoms with Crippen molar-refractivity contribution >= 4 is 16.8 Å². The number of Topliss-reactive ketones (excluding diaryl/α,β-unsaturated/α-hetero) is 1. The van der Waals surface area contributed by atoms with Crippen molar-refractivity contribution in [2.45, 2.75) is 6.54 Å². The molecule has 2 heterocycles. The van der Waals surface area contributed by atoms with Gasteiger partial charge in [0.05, 0.1) is 31.0 Å². The highest BCUT2D eigenvalue weighted by Gasteiger charge is 2.17. The number of benzene rings is 2. The van der Waals surface area contributed by atoms with Crippen LogP contribution in [0.25, 0.3) is 22.6 Å². The second-order valence-corrected chi connectivity index (χ2v) is 5.64. The number of aromatic nitrogens is 2. The summed E-state index contributed by atoms with van der Waals surface area (Å²) in [5.41, 5.74) is 2.36. The van der Waals surface area contributed by atoms with Crippen molar-refractivity contribution in [3.63, 3.8) is 0 Å². The third-order valence-electron chi connectivity index (χ3n) is 4.11. The second kappa shape index (κ2) is 6.28. The van der Waals surface area contributed by atoms with Gasteiger partial charge in [-0.2, -0.15) is 0 Å². The standard InChI is InChI=1S/C20H16N2O3/c1-24-15-10-8-14(9-11-15)18(23)13-22-17-6-3-2-5-16(17)21-20(22)19-7-4-12-25-19/h2-12H,13H2,1H3. The molecule has 0 radical (unpaired) electrons. The molecule has 0 aliphatic rings. The van der Waals surface area contributed by atoms with Gasteiger partial charge in [0.15, 0.2) is 17.4 Å². The summed E-state index contributed by atoms with van der Waals surface area (Å²) in [4.78, 5) is 17.4.